The van der Waals surface area contributed by atoms with Crippen LogP contribution < -0.4 is 0 Å². The third kappa shape index (κ3) is 4.37. The Morgan fingerprint density at radius 2 is 2.36 bits per heavy atom. The average Bonchev–Trinajstić information content (AvgIpc) is 2.65. The summed E-state index contributed by atoms with van der Waals surface area (Å²) in [4.78, 5) is 21.1. The van der Waals surface area contributed by atoms with E-state index in [0.717, 1.165) is 39.0 Å². The summed E-state index contributed by atoms with van der Waals surface area (Å²) in [6.07, 6.45) is 4.80. The summed E-state index contributed by atoms with van der Waals surface area (Å²) in [7, 11) is 4.09. The largest absolute Gasteiger partial charge is 0.379 e. The smallest absolute Gasteiger partial charge is 0.272 e. The van der Waals surface area contributed by atoms with E-state index in [4.69, 9.17) is 9.47 Å². The molecule has 0 unspecified atom stereocenters. The molecule has 6 heteroatoms. The molecule has 3 rings (SSSR count). The van der Waals surface area contributed by atoms with E-state index in [-0.39, 0.29) is 17.4 Å². The zero-order valence-electron chi connectivity index (χ0n) is 15.3. The Bertz CT molecular complexity index is 566. The van der Waals surface area contributed by atoms with Crippen LogP contribution in [0, 0.1) is 5.41 Å². The molecule has 2 aliphatic rings. The highest BCUT2D eigenvalue weighted by Gasteiger charge is 2.47. The number of likely N-dealkylation sites (N-methyl/N-ethyl adjacent to an activating group) is 1. The fraction of sp³-hybridized carbons (Fsp3) is 0.684. The Labute approximate surface area is 150 Å². The summed E-state index contributed by atoms with van der Waals surface area (Å²) in [6, 6.07) is 5.47. The predicted octanol–water partition coefficient (Wildman–Crippen LogP) is 1.67. The van der Waals surface area contributed by atoms with Gasteiger partial charge in [0.2, 0.25) is 0 Å². The van der Waals surface area contributed by atoms with Crippen molar-refractivity contribution in [3.8, 4) is 0 Å². The molecular formula is C19H29N3O3. The molecule has 0 saturated carbocycles. The molecule has 1 aromatic rings. The number of amides is 1. The van der Waals surface area contributed by atoms with E-state index in [2.05, 4.69) is 9.88 Å². The summed E-state index contributed by atoms with van der Waals surface area (Å²) in [5.74, 6) is 0.0114. The van der Waals surface area contributed by atoms with E-state index in [1.54, 1.807) is 12.3 Å². The molecule has 2 saturated heterocycles. The van der Waals surface area contributed by atoms with Crippen molar-refractivity contribution in [2.75, 3.05) is 53.6 Å². The van der Waals surface area contributed by atoms with Crippen LogP contribution in [-0.4, -0.2) is 80.3 Å². The van der Waals surface area contributed by atoms with Crippen molar-refractivity contribution in [2.24, 2.45) is 5.41 Å². The molecule has 0 bridgehead atoms. The lowest BCUT2D eigenvalue weighted by molar-refractivity contribution is -0.147. The van der Waals surface area contributed by atoms with Gasteiger partial charge < -0.3 is 19.3 Å². The second-order valence-corrected chi connectivity index (χ2v) is 7.41. The fourth-order valence-electron chi connectivity index (χ4n) is 3.85. The van der Waals surface area contributed by atoms with Gasteiger partial charge in [-0.05, 0) is 45.5 Å². The molecule has 25 heavy (non-hydrogen) atoms. The summed E-state index contributed by atoms with van der Waals surface area (Å²) in [5.41, 5.74) is 0.425. The first-order valence-corrected chi connectivity index (χ1v) is 9.15. The maximum Gasteiger partial charge on any atom is 0.272 e. The van der Waals surface area contributed by atoms with Crippen molar-refractivity contribution in [3.63, 3.8) is 0 Å². The maximum atomic E-state index is 12.8. The molecule has 1 amide bonds. The molecule has 0 aliphatic carbocycles. The number of carbonyl (C=O) groups is 1. The van der Waals surface area contributed by atoms with Gasteiger partial charge in [-0.1, -0.05) is 6.07 Å². The highest BCUT2D eigenvalue weighted by Crippen LogP contribution is 2.40. The van der Waals surface area contributed by atoms with Crippen molar-refractivity contribution in [3.05, 3.63) is 30.1 Å². The lowest BCUT2D eigenvalue weighted by Gasteiger charge is -2.50. The van der Waals surface area contributed by atoms with Gasteiger partial charge in [0, 0.05) is 37.9 Å². The predicted molar refractivity (Wildman–Crippen MR) is 95.5 cm³/mol. The summed E-state index contributed by atoms with van der Waals surface area (Å²) in [6.45, 7) is 4.48. The van der Waals surface area contributed by atoms with Crippen LogP contribution in [0.2, 0.25) is 0 Å². The van der Waals surface area contributed by atoms with Crippen LogP contribution in [0.5, 0.6) is 0 Å². The molecule has 2 atom stereocenters. The van der Waals surface area contributed by atoms with Crippen LogP contribution in [0.4, 0.5) is 0 Å². The standard InChI is InChI=1S/C19H29N3O3/c1-21(2)11-13-24-15-19-8-5-12-25-17(19)7-10-22(14-19)18(23)16-6-3-4-9-20-16/h3-4,6,9,17H,5,7-8,10-15H2,1-2H3/t17-,19+/m1/s1. The first-order valence-electron chi connectivity index (χ1n) is 9.15. The molecule has 0 aromatic carbocycles. The molecule has 138 valence electrons. The highest BCUT2D eigenvalue weighted by molar-refractivity contribution is 5.92. The first kappa shape index (κ1) is 18.3. The number of rotatable bonds is 6. The topological polar surface area (TPSA) is 54.9 Å². The van der Waals surface area contributed by atoms with Crippen LogP contribution in [0.25, 0.3) is 0 Å². The van der Waals surface area contributed by atoms with Crippen molar-refractivity contribution in [1.29, 1.82) is 0 Å². The van der Waals surface area contributed by atoms with Crippen LogP contribution in [0.15, 0.2) is 24.4 Å². The van der Waals surface area contributed by atoms with E-state index < -0.39 is 0 Å². The minimum atomic E-state index is -0.0900. The molecule has 1 aromatic heterocycles. The lowest BCUT2D eigenvalue weighted by Crippen LogP contribution is -2.58. The van der Waals surface area contributed by atoms with Gasteiger partial charge in [-0.15, -0.1) is 0 Å². The summed E-state index contributed by atoms with van der Waals surface area (Å²) in [5, 5.41) is 0. The van der Waals surface area contributed by atoms with Crippen molar-refractivity contribution in [1.82, 2.24) is 14.8 Å². The highest BCUT2D eigenvalue weighted by atomic mass is 16.5. The number of fused-ring (bicyclic) bond motifs is 1. The van der Waals surface area contributed by atoms with Gasteiger partial charge in [-0.3, -0.25) is 9.78 Å². The average molecular weight is 347 g/mol. The number of likely N-dealkylation sites (tertiary alicyclic amines) is 1. The number of piperidine rings is 1. The number of aromatic nitrogens is 1. The molecule has 6 nitrogen and oxygen atoms in total. The van der Waals surface area contributed by atoms with E-state index >= 15 is 0 Å². The second-order valence-electron chi connectivity index (χ2n) is 7.41. The Hall–Kier alpha value is -1.50. The number of pyridine rings is 1. The summed E-state index contributed by atoms with van der Waals surface area (Å²) < 4.78 is 12.1. The van der Waals surface area contributed by atoms with E-state index in [1.807, 2.05) is 31.1 Å². The van der Waals surface area contributed by atoms with Gasteiger partial charge in [-0.25, -0.2) is 0 Å². The van der Waals surface area contributed by atoms with E-state index in [9.17, 15) is 4.79 Å². The van der Waals surface area contributed by atoms with Crippen LogP contribution >= 0.6 is 0 Å². The number of hydrogen-bond acceptors (Lipinski definition) is 5. The summed E-state index contributed by atoms with van der Waals surface area (Å²) >= 11 is 0. The van der Waals surface area contributed by atoms with Gasteiger partial charge >= 0.3 is 0 Å². The van der Waals surface area contributed by atoms with Crippen LogP contribution in [0.3, 0.4) is 0 Å². The van der Waals surface area contributed by atoms with Crippen LogP contribution in [-0.2, 0) is 9.47 Å². The van der Waals surface area contributed by atoms with Gasteiger partial charge in [0.25, 0.3) is 5.91 Å². The van der Waals surface area contributed by atoms with Crippen molar-refractivity contribution in [2.45, 2.75) is 25.4 Å². The second kappa shape index (κ2) is 8.25. The number of nitrogens with zero attached hydrogens (tertiary/aromatic N) is 3. The Balaban J connectivity index is 1.67. The minimum Gasteiger partial charge on any atom is -0.379 e. The number of ether oxygens (including phenoxy) is 2. The molecular weight excluding hydrogens is 318 g/mol. The fourth-order valence-corrected chi connectivity index (χ4v) is 3.85. The Morgan fingerprint density at radius 3 is 3.12 bits per heavy atom. The van der Waals surface area contributed by atoms with Gasteiger partial charge in [-0.2, -0.15) is 0 Å². The van der Waals surface area contributed by atoms with E-state index in [1.165, 1.54) is 0 Å². The third-order valence-corrected chi connectivity index (χ3v) is 5.23. The monoisotopic (exact) mass is 347 g/mol. The normalized spacial score (nSPS) is 26.5. The zero-order chi connectivity index (χ0) is 17.7. The molecule has 2 fully saturated rings. The van der Waals surface area contributed by atoms with E-state index in [0.29, 0.717) is 25.5 Å². The lowest BCUT2D eigenvalue weighted by atomic mass is 9.73. The number of hydrogen-bond donors (Lipinski definition) is 0. The van der Waals surface area contributed by atoms with Gasteiger partial charge in [0.05, 0.1) is 19.3 Å². The first-order chi connectivity index (χ1) is 12.1. The maximum absolute atomic E-state index is 12.8. The quantitative estimate of drug-likeness (QED) is 0.733. The third-order valence-electron chi connectivity index (χ3n) is 5.23. The molecule has 0 N–H and O–H groups in total. The molecule has 3 heterocycles. The van der Waals surface area contributed by atoms with Crippen molar-refractivity contribution >= 4 is 5.91 Å². The molecule has 2 aliphatic heterocycles. The van der Waals surface area contributed by atoms with Crippen LogP contribution in [0.1, 0.15) is 29.8 Å². The number of carbonyl (C=O) groups excluding carboxylic acids is 1. The molecule has 0 radical (unpaired) electrons. The SMILES string of the molecule is CN(C)CCOC[C@@]12CCCO[C@@H]1CCN(C(=O)c1ccccn1)C2. The van der Waals surface area contributed by atoms with Crippen molar-refractivity contribution < 1.29 is 14.3 Å². The Morgan fingerprint density at radius 1 is 1.48 bits per heavy atom. The Kier molecular flexibility index (Phi) is 6.04. The minimum absolute atomic E-state index is 0.0114. The zero-order valence-corrected chi connectivity index (χ0v) is 15.3. The van der Waals surface area contributed by atoms with Gasteiger partial charge in [0.15, 0.2) is 0 Å². The van der Waals surface area contributed by atoms with Gasteiger partial charge in [0.1, 0.15) is 5.69 Å². The molecule has 0 spiro atoms.